The first kappa shape index (κ1) is 18.9. The SMILES string of the molecule is O=C(CCc1cccc(OC2CCCC2)c1)Nc1ccccc1N1CCCC1. The highest BCUT2D eigenvalue weighted by molar-refractivity contribution is 5.94. The van der Waals surface area contributed by atoms with Gasteiger partial charge in [-0.15, -0.1) is 0 Å². The zero-order valence-corrected chi connectivity index (χ0v) is 16.5. The van der Waals surface area contributed by atoms with Crippen LogP contribution >= 0.6 is 0 Å². The van der Waals surface area contributed by atoms with Crippen LogP contribution in [0.3, 0.4) is 0 Å². The first-order chi connectivity index (χ1) is 13.8. The fourth-order valence-electron chi connectivity index (χ4n) is 4.26. The number of nitrogens with one attached hydrogen (secondary N) is 1. The number of amides is 1. The molecular formula is C24H30N2O2. The van der Waals surface area contributed by atoms with Crippen molar-refractivity contribution in [1.82, 2.24) is 0 Å². The number of ether oxygens (including phenoxy) is 1. The van der Waals surface area contributed by atoms with Gasteiger partial charge < -0.3 is 15.0 Å². The predicted octanol–water partition coefficient (Wildman–Crippen LogP) is 5.18. The molecule has 0 spiro atoms. The smallest absolute Gasteiger partial charge is 0.224 e. The summed E-state index contributed by atoms with van der Waals surface area (Å²) in [4.78, 5) is 14.9. The van der Waals surface area contributed by atoms with E-state index in [0.717, 1.165) is 55.0 Å². The number of aryl methyl sites for hydroxylation is 1. The molecule has 1 saturated carbocycles. The Labute approximate surface area is 167 Å². The van der Waals surface area contributed by atoms with Gasteiger partial charge in [-0.05, 0) is 74.8 Å². The van der Waals surface area contributed by atoms with E-state index in [1.54, 1.807) is 0 Å². The van der Waals surface area contributed by atoms with Gasteiger partial charge in [0, 0.05) is 19.5 Å². The second-order valence-corrected chi connectivity index (χ2v) is 7.93. The van der Waals surface area contributed by atoms with Crippen LogP contribution in [0.15, 0.2) is 48.5 Å². The molecule has 1 aliphatic carbocycles. The van der Waals surface area contributed by atoms with E-state index in [1.807, 2.05) is 30.3 Å². The van der Waals surface area contributed by atoms with E-state index in [-0.39, 0.29) is 5.91 Å². The first-order valence-corrected chi connectivity index (χ1v) is 10.7. The van der Waals surface area contributed by atoms with Gasteiger partial charge in [0.1, 0.15) is 5.75 Å². The van der Waals surface area contributed by atoms with E-state index in [4.69, 9.17) is 4.74 Å². The molecule has 1 N–H and O–H groups in total. The molecule has 1 heterocycles. The van der Waals surface area contributed by atoms with Crippen molar-refractivity contribution < 1.29 is 9.53 Å². The summed E-state index contributed by atoms with van der Waals surface area (Å²) in [7, 11) is 0. The Kier molecular flexibility index (Phi) is 6.15. The van der Waals surface area contributed by atoms with Crippen molar-refractivity contribution in [3.05, 3.63) is 54.1 Å². The lowest BCUT2D eigenvalue weighted by molar-refractivity contribution is -0.116. The van der Waals surface area contributed by atoms with Crippen molar-refractivity contribution in [2.75, 3.05) is 23.3 Å². The molecule has 1 saturated heterocycles. The zero-order chi connectivity index (χ0) is 19.2. The Morgan fingerprint density at radius 2 is 1.79 bits per heavy atom. The van der Waals surface area contributed by atoms with Crippen molar-refractivity contribution in [2.45, 2.75) is 57.5 Å². The number of carbonyl (C=O) groups is 1. The van der Waals surface area contributed by atoms with Gasteiger partial charge in [-0.3, -0.25) is 4.79 Å². The summed E-state index contributed by atoms with van der Waals surface area (Å²) in [6, 6.07) is 16.3. The van der Waals surface area contributed by atoms with Crippen LogP contribution in [0.1, 0.15) is 50.5 Å². The van der Waals surface area contributed by atoms with Crippen LogP contribution in [-0.4, -0.2) is 25.1 Å². The van der Waals surface area contributed by atoms with E-state index in [9.17, 15) is 4.79 Å². The lowest BCUT2D eigenvalue weighted by Crippen LogP contribution is -2.21. The van der Waals surface area contributed by atoms with Gasteiger partial charge in [0.25, 0.3) is 0 Å². The van der Waals surface area contributed by atoms with Crippen LogP contribution in [-0.2, 0) is 11.2 Å². The van der Waals surface area contributed by atoms with Crippen LogP contribution in [0, 0.1) is 0 Å². The van der Waals surface area contributed by atoms with Crippen molar-refractivity contribution in [3.8, 4) is 5.75 Å². The maximum absolute atomic E-state index is 12.6. The molecule has 4 rings (SSSR count). The number of hydrogen-bond acceptors (Lipinski definition) is 3. The van der Waals surface area contributed by atoms with Gasteiger partial charge in [-0.2, -0.15) is 0 Å². The molecule has 0 bridgehead atoms. The molecule has 4 heteroatoms. The van der Waals surface area contributed by atoms with Crippen LogP contribution in [0.2, 0.25) is 0 Å². The molecule has 0 unspecified atom stereocenters. The molecule has 2 fully saturated rings. The van der Waals surface area contributed by atoms with E-state index >= 15 is 0 Å². The Morgan fingerprint density at radius 1 is 1.00 bits per heavy atom. The lowest BCUT2D eigenvalue weighted by Gasteiger charge is -2.21. The van der Waals surface area contributed by atoms with Gasteiger partial charge >= 0.3 is 0 Å². The fourth-order valence-corrected chi connectivity index (χ4v) is 4.26. The van der Waals surface area contributed by atoms with Gasteiger partial charge in [-0.25, -0.2) is 0 Å². The summed E-state index contributed by atoms with van der Waals surface area (Å²) in [5, 5.41) is 3.12. The van der Waals surface area contributed by atoms with Crippen molar-refractivity contribution in [3.63, 3.8) is 0 Å². The minimum Gasteiger partial charge on any atom is -0.490 e. The Morgan fingerprint density at radius 3 is 2.61 bits per heavy atom. The van der Waals surface area contributed by atoms with Gasteiger partial charge in [0.2, 0.25) is 5.91 Å². The highest BCUT2D eigenvalue weighted by atomic mass is 16.5. The van der Waals surface area contributed by atoms with Crippen LogP contribution in [0.5, 0.6) is 5.75 Å². The van der Waals surface area contributed by atoms with Gasteiger partial charge in [0.05, 0.1) is 17.5 Å². The van der Waals surface area contributed by atoms with Crippen molar-refractivity contribution in [1.29, 1.82) is 0 Å². The van der Waals surface area contributed by atoms with Gasteiger partial charge in [-0.1, -0.05) is 24.3 Å². The van der Waals surface area contributed by atoms with E-state index < -0.39 is 0 Å². The second-order valence-electron chi connectivity index (χ2n) is 7.93. The zero-order valence-electron chi connectivity index (χ0n) is 16.5. The summed E-state index contributed by atoms with van der Waals surface area (Å²) in [6.07, 6.45) is 8.85. The summed E-state index contributed by atoms with van der Waals surface area (Å²) in [5.41, 5.74) is 3.21. The summed E-state index contributed by atoms with van der Waals surface area (Å²) < 4.78 is 6.09. The summed E-state index contributed by atoms with van der Waals surface area (Å²) >= 11 is 0. The summed E-state index contributed by atoms with van der Waals surface area (Å²) in [5.74, 6) is 0.998. The normalized spacial score (nSPS) is 17.1. The minimum absolute atomic E-state index is 0.0637. The van der Waals surface area contributed by atoms with Crippen molar-refractivity contribution >= 4 is 17.3 Å². The number of para-hydroxylation sites is 2. The maximum Gasteiger partial charge on any atom is 0.224 e. The number of rotatable bonds is 7. The third-order valence-electron chi connectivity index (χ3n) is 5.77. The Hall–Kier alpha value is -2.49. The van der Waals surface area contributed by atoms with Gasteiger partial charge in [0.15, 0.2) is 0 Å². The highest BCUT2D eigenvalue weighted by Gasteiger charge is 2.17. The summed E-state index contributed by atoms with van der Waals surface area (Å²) in [6.45, 7) is 2.14. The molecule has 2 aromatic rings. The largest absolute Gasteiger partial charge is 0.490 e. The topological polar surface area (TPSA) is 41.6 Å². The van der Waals surface area contributed by atoms with E-state index in [2.05, 4.69) is 28.4 Å². The number of carbonyl (C=O) groups excluding carboxylic acids is 1. The molecule has 2 aromatic carbocycles. The number of benzene rings is 2. The molecule has 2 aliphatic rings. The van der Waals surface area contributed by atoms with E-state index in [1.165, 1.54) is 25.7 Å². The second kappa shape index (κ2) is 9.13. The average molecular weight is 379 g/mol. The van der Waals surface area contributed by atoms with E-state index in [0.29, 0.717) is 12.5 Å². The number of nitrogens with zero attached hydrogens (tertiary/aromatic N) is 1. The fraction of sp³-hybridized carbons (Fsp3) is 0.458. The maximum atomic E-state index is 12.6. The number of hydrogen-bond donors (Lipinski definition) is 1. The average Bonchev–Trinajstić information content (AvgIpc) is 3.41. The monoisotopic (exact) mass is 378 g/mol. The number of anilines is 2. The molecule has 0 aromatic heterocycles. The molecule has 0 atom stereocenters. The third kappa shape index (κ3) is 4.86. The molecular weight excluding hydrogens is 348 g/mol. The molecule has 4 nitrogen and oxygen atoms in total. The quantitative estimate of drug-likeness (QED) is 0.722. The molecule has 28 heavy (non-hydrogen) atoms. The third-order valence-corrected chi connectivity index (χ3v) is 5.77. The van der Waals surface area contributed by atoms with Crippen LogP contribution in [0.4, 0.5) is 11.4 Å². The Balaban J connectivity index is 1.32. The molecule has 0 radical (unpaired) electrons. The van der Waals surface area contributed by atoms with Crippen molar-refractivity contribution in [2.24, 2.45) is 0 Å². The lowest BCUT2D eigenvalue weighted by atomic mass is 10.1. The van der Waals surface area contributed by atoms with Crippen LogP contribution in [0.25, 0.3) is 0 Å². The molecule has 1 amide bonds. The highest BCUT2D eigenvalue weighted by Crippen LogP contribution is 2.29. The first-order valence-electron chi connectivity index (χ1n) is 10.7. The molecule has 148 valence electrons. The predicted molar refractivity (Wildman–Crippen MR) is 114 cm³/mol. The Bertz CT molecular complexity index is 793. The minimum atomic E-state index is 0.0637. The standard InChI is InChI=1S/C24H30N2O2/c27-24(25-22-12-3-4-13-23(22)26-16-5-6-17-26)15-14-19-8-7-11-21(18-19)28-20-9-1-2-10-20/h3-4,7-8,11-13,18,20H,1-2,5-6,9-10,14-17H2,(H,25,27). The molecule has 1 aliphatic heterocycles. The van der Waals surface area contributed by atoms with Crippen LogP contribution < -0.4 is 15.0 Å².